The second-order valence-corrected chi connectivity index (χ2v) is 5.59. The SMILES string of the molecule is CC1(c2ccccc2)C=NC(C(C)(C)C)O1. The van der Waals surface area contributed by atoms with E-state index in [1.54, 1.807) is 0 Å². The smallest absolute Gasteiger partial charge is 0.154 e. The van der Waals surface area contributed by atoms with E-state index in [0.29, 0.717) is 0 Å². The molecule has 0 spiro atoms. The summed E-state index contributed by atoms with van der Waals surface area (Å²) in [4.78, 5) is 4.49. The Hall–Kier alpha value is -1.15. The van der Waals surface area contributed by atoms with Gasteiger partial charge in [-0.2, -0.15) is 0 Å². The molecule has 0 bridgehead atoms. The minimum absolute atomic E-state index is 0.0447. The molecule has 1 aliphatic heterocycles. The van der Waals surface area contributed by atoms with Crippen LogP contribution in [-0.2, 0) is 10.3 Å². The zero-order chi connectivity index (χ0) is 11.8. The first-order valence-electron chi connectivity index (χ1n) is 5.69. The van der Waals surface area contributed by atoms with Gasteiger partial charge in [-0.1, -0.05) is 51.1 Å². The van der Waals surface area contributed by atoms with Gasteiger partial charge in [-0.05, 0) is 12.5 Å². The van der Waals surface area contributed by atoms with Gasteiger partial charge in [0.05, 0.1) is 0 Å². The van der Waals surface area contributed by atoms with Crippen molar-refractivity contribution >= 4 is 6.21 Å². The summed E-state index contributed by atoms with van der Waals surface area (Å²) in [6.45, 7) is 8.50. The number of nitrogens with zero attached hydrogens (tertiary/aromatic N) is 1. The Labute approximate surface area is 97.4 Å². The highest BCUT2D eigenvalue weighted by atomic mass is 16.5. The highest BCUT2D eigenvalue weighted by Gasteiger charge is 2.39. The van der Waals surface area contributed by atoms with Gasteiger partial charge in [0.1, 0.15) is 5.60 Å². The van der Waals surface area contributed by atoms with Crippen molar-refractivity contribution in [2.24, 2.45) is 10.4 Å². The van der Waals surface area contributed by atoms with Crippen LogP contribution in [0.3, 0.4) is 0 Å². The fourth-order valence-electron chi connectivity index (χ4n) is 1.81. The maximum absolute atomic E-state index is 6.08. The molecular weight excluding hydrogens is 198 g/mol. The molecule has 0 fully saturated rings. The molecule has 1 heterocycles. The predicted molar refractivity (Wildman–Crippen MR) is 66.6 cm³/mol. The van der Waals surface area contributed by atoms with Crippen LogP contribution >= 0.6 is 0 Å². The van der Waals surface area contributed by atoms with E-state index in [1.165, 1.54) is 0 Å². The van der Waals surface area contributed by atoms with Crippen LogP contribution in [0.15, 0.2) is 35.3 Å². The number of benzene rings is 1. The molecule has 1 aromatic rings. The van der Waals surface area contributed by atoms with E-state index in [9.17, 15) is 0 Å². The molecule has 0 amide bonds. The average Bonchev–Trinajstić information content (AvgIpc) is 2.63. The van der Waals surface area contributed by atoms with Crippen molar-refractivity contribution in [3.8, 4) is 0 Å². The number of ether oxygens (including phenoxy) is 1. The molecule has 2 nitrogen and oxygen atoms in total. The first-order valence-corrected chi connectivity index (χ1v) is 5.69. The summed E-state index contributed by atoms with van der Waals surface area (Å²) in [5, 5.41) is 0. The maximum atomic E-state index is 6.08. The Balaban J connectivity index is 2.23. The topological polar surface area (TPSA) is 21.6 Å². The Morgan fingerprint density at radius 1 is 1.19 bits per heavy atom. The molecule has 0 aromatic heterocycles. The number of aliphatic imine (C=N–C) groups is 1. The molecule has 2 unspecified atom stereocenters. The van der Waals surface area contributed by atoms with Gasteiger partial charge >= 0.3 is 0 Å². The maximum Gasteiger partial charge on any atom is 0.154 e. The van der Waals surface area contributed by atoms with Gasteiger partial charge in [0.25, 0.3) is 0 Å². The number of hydrogen-bond acceptors (Lipinski definition) is 2. The lowest BCUT2D eigenvalue weighted by Crippen LogP contribution is -2.31. The molecule has 0 saturated heterocycles. The highest BCUT2D eigenvalue weighted by Crippen LogP contribution is 2.36. The van der Waals surface area contributed by atoms with E-state index in [0.717, 1.165) is 5.56 Å². The predicted octanol–water partition coefficient (Wildman–Crippen LogP) is 3.38. The van der Waals surface area contributed by atoms with Crippen LogP contribution in [0.25, 0.3) is 0 Å². The first-order chi connectivity index (χ1) is 7.42. The Morgan fingerprint density at radius 2 is 1.81 bits per heavy atom. The zero-order valence-electron chi connectivity index (χ0n) is 10.4. The fourth-order valence-corrected chi connectivity index (χ4v) is 1.81. The molecule has 2 heteroatoms. The summed E-state index contributed by atoms with van der Waals surface area (Å²) in [6.07, 6.45) is 1.87. The van der Waals surface area contributed by atoms with Crippen molar-refractivity contribution in [3.05, 3.63) is 35.9 Å². The summed E-state index contributed by atoms with van der Waals surface area (Å²) in [6, 6.07) is 10.2. The fraction of sp³-hybridized carbons (Fsp3) is 0.500. The van der Waals surface area contributed by atoms with Gasteiger partial charge < -0.3 is 4.74 Å². The van der Waals surface area contributed by atoms with Gasteiger partial charge in [0, 0.05) is 11.6 Å². The third-order valence-electron chi connectivity index (χ3n) is 2.90. The van der Waals surface area contributed by atoms with Gasteiger partial charge in [0.15, 0.2) is 6.23 Å². The van der Waals surface area contributed by atoms with E-state index in [-0.39, 0.29) is 17.2 Å². The quantitative estimate of drug-likeness (QED) is 0.706. The van der Waals surface area contributed by atoms with Gasteiger partial charge in [-0.3, -0.25) is 4.99 Å². The second-order valence-electron chi connectivity index (χ2n) is 5.59. The lowest BCUT2D eigenvalue weighted by atomic mass is 9.94. The van der Waals surface area contributed by atoms with Crippen molar-refractivity contribution in [1.82, 2.24) is 0 Å². The Morgan fingerprint density at radius 3 is 2.31 bits per heavy atom. The van der Waals surface area contributed by atoms with Crippen LogP contribution in [0.2, 0.25) is 0 Å². The Kier molecular flexibility index (Phi) is 2.62. The molecule has 16 heavy (non-hydrogen) atoms. The van der Waals surface area contributed by atoms with Crippen molar-refractivity contribution in [2.45, 2.75) is 39.5 Å². The van der Waals surface area contributed by atoms with Crippen LogP contribution < -0.4 is 0 Å². The van der Waals surface area contributed by atoms with E-state index in [4.69, 9.17) is 4.74 Å². The summed E-state index contributed by atoms with van der Waals surface area (Å²) in [5.41, 5.74) is 0.827. The molecule has 0 saturated carbocycles. The van der Waals surface area contributed by atoms with Gasteiger partial charge in [-0.15, -0.1) is 0 Å². The molecule has 2 atom stereocenters. The third kappa shape index (κ3) is 2.03. The van der Waals surface area contributed by atoms with E-state index < -0.39 is 0 Å². The number of hydrogen-bond donors (Lipinski definition) is 0. The highest BCUT2D eigenvalue weighted by molar-refractivity contribution is 5.72. The van der Waals surface area contributed by atoms with Gasteiger partial charge in [0.2, 0.25) is 0 Å². The zero-order valence-corrected chi connectivity index (χ0v) is 10.4. The second kappa shape index (κ2) is 3.70. The molecular formula is C14H19NO. The van der Waals surface area contributed by atoms with E-state index >= 15 is 0 Å². The summed E-state index contributed by atoms with van der Waals surface area (Å²) in [5.74, 6) is 0. The molecule has 86 valence electrons. The molecule has 1 aliphatic rings. The van der Waals surface area contributed by atoms with Crippen LogP contribution in [0.4, 0.5) is 0 Å². The normalized spacial score (nSPS) is 29.6. The van der Waals surface area contributed by atoms with E-state index in [1.807, 2.05) is 24.4 Å². The summed E-state index contributed by atoms with van der Waals surface area (Å²) in [7, 11) is 0. The molecule has 1 aromatic carbocycles. The molecule has 0 aliphatic carbocycles. The molecule has 0 radical (unpaired) electrons. The Bertz CT molecular complexity index is 391. The first kappa shape index (κ1) is 11.3. The van der Waals surface area contributed by atoms with Crippen molar-refractivity contribution in [1.29, 1.82) is 0 Å². The number of rotatable bonds is 1. The minimum atomic E-state index is -0.376. The molecule has 0 N–H and O–H groups in total. The lowest BCUT2D eigenvalue weighted by Gasteiger charge is -2.29. The van der Waals surface area contributed by atoms with E-state index in [2.05, 4.69) is 44.8 Å². The summed E-state index contributed by atoms with van der Waals surface area (Å²) < 4.78 is 6.08. The average molecular weight is 217 g/mol. The van der Waals surface area contributed by atoms with Crippen LogP contribution in [-0.4, -0.2) is 12.4 Å². The monoisotopic (exact) mass is 217 g/mol. The van der Waals surface area contributed by atoms with Crippen molar-refractivity contribution < 1.29 is 4.74 Å². The standard InChI is InChI=1S/C14H19NO/c1-13(2,3)12-15-10-14(4,16-12)11-8-6-5-7-9-11/h5-10,12H,1-4H3. The minimum Gasteiger partial charge on any atom is -0.339 e. The van der Waals surface area contributed by atoms with Crippen LogP contribution in [0.5, 0.6) is 0 Å². The lowest BCUT2D eigenvalue weighted by molar-refractivity contribution is -0.0654. The van der Waals surface area contributed by atoms with Gasteiger partial charge in [-0.25, -0.2) is 0 Å². The largest absolute Gasteiger partial charge is 0.339 e. The molecule has 2 rings (SSSR count). The van der Waals surface area contributed by atoms with Crippen LogP contribution in [0.1, 0.15) is 33.3 Å². The van der Waals surface area contributed by atoms with Crippen molar-refractivity contribution in [3.63, 3.8) is 0 Å². The van der Waals surface area contributed by atoms with Crippen LogP contribution in [0, 0.1) is 5.41 Å². The third-order valence-corrected chi connectivity index (χ3v) is 2.90. The van der Waals surface area contributed by atoms with Crippen molar-refractivity contribution in [2.75, 3.05) is 0 Å². The summed E-state index contributed by atoms with van der Waals surface area (Å²) >= 11 is 0.